The molecule has 1 aliphatic rings. The summed E-state index contributed by atoms with van der Waals surface area (Å²) in [5, 5.41) is 3.15. The van der Waals surface area contributed by atoms with Crippen LogP contribution in [0, 0.1) is 0 Å². The van der Waals surface area contributed by atoms with Gasteiger partial charge in [-0.3, -0.25) is 14.9 Å². The Hall–Kier alpha value is -2.98. The van der Waals surface area contributed by atoms with Gasteiger partial charge in [0.05, 0.1) is 29.2 Å². The molecule has 0 unspecified atom stereocenters. The van der Waals surface area contributed by atoms with Crippen LogP contribution in [0.25, 0.3) is 0 Å². The van der Waals surface area contributed by atoms with Crippen molar-refractivity contribution in [1.82, 2.24) is 9.88 Å². The molecule has 2 amide bonds. The number of amides is 2. The third-order valence-electron chi connectivity index (χ3n) is 4.74. The Labute approximate surface area is 177 Å². The first-order valence-corrected chi connectivity index (χ1v) is 11.8. The van der Waals surface area contributed by atoms with E-state index in [9.17, 15) is 18.0 Å². The largest absolute Gasteiger partial charge is 0.459 e. The Morgan fingerprint density at radius 2 is 1.97 bits per heavy atom. The molecule has 2 aromatic heterocycles. The van der Waals surface area contributed by atoms with Crippen molar-refractivity contribution in [2.45, 2.75) is 24.3 Å². The average molecular weight is 446 g/mol. The first-order valence-electron chi connectivity index (χ1n) is 9.31. The van der Waals surface area contributed by atoms with Crippen molar-refractivity contribution in [2.24, 2.45) is 0 Å². The van der Waals surface area contributed by atoms with E-state index in [1.807, 2.05) is 0 Å². The number of sulfone groups is 1. The summed E-state index contributed by atoms with van der Waals surface area (Å²) in [7, 11) is -3.50. The second-order valence-electron chi connectivity index (χ2n) is 6.77. The van der Waals surface area contributed by atoms with E-state index in [4.69, 9.17) is 4.42 Å². The number of carbonyl (C=O) groups is 2. The maximum atomic E-state index is 12.6. The lowest BCUT2D eigenvalue weighted by Gasteiger charge is -2.26. The third kappa shape index (κ3) is 4.44. The van der Waals surface area contributed by atoms with Crippen LogP contribution in [0.15, 0.2) is 58.0 Å². The van der Waals surface area contributed by atoms with Crippen LogP contribution in [0.1, 0.15) is 27.5 Å². The number of hydrogen-bond acceptors (Lipinski definition) is 7. The lowest BCUT2D eigenvalue weighted by atomic mass is 10.1. The van der Waals surface area contributed by atoms with Gasteiger partial charge < -0.3 is 9.32 Å². The molecular weight excluding hydrogens is 426 g/mol. The summed E-state index contributed by atoms with van der Waals surface area (Å²) in [4.78, 5) is 31.9. The summed E-state index contributed by atoms with van der Waals surface area (Å²) >= 11 is 1.31. The van der Waals surface area contributed by atoms with E-state index in [0.717, 1.165) is 10.6 Å². The normalized spacial score (nSPS) is 13.7. The van der Waals surface area contributed by atoms with E-state index in [1.165, 1.54) is 29.7 Å². The average Bonchev–Trinajstić information content (AvgIpc) is 3.41. The van der Waals surface area contributed by atoms with E-state index in [2.05, 4.69) is 10.3 Å². The topological polar surface area (TPSA) is 110 Å². The van der Waals surface area contributed by atoms with Crippen LogP contribution in [0.4, 0.5) is 5.13 Å². The van der Waals surface area contributed by atoms with Gasteiger partial charge in [0.2, 0.25) is 5.91 Å². The molecule has 1 aromatic carbocycles. The molecule has 0 atom stereocenters. The van der Waals surface area contributed by atoms with Gasteiger partial charge in [-0.15, -0.1) is 0 Å². The predicted molar refractivity (Wildman–Crippen MR) is 111 cm³/mol. The smallest absolute Gasteiger partial charge is 0.293 e. The molecule has 0 spiro atoms. The van der Waals surface area contributed by atoms with Gasteiger partial charge in [0.25, 0.3) is 5.91 Å². The summed E-state index contributed by atoms with van der Waals surface area (Å²) in [6.07, 6.45) is 1.90. The van der Waals surface area contributed by atoms with E-state index < -0.39 is 9.84 Å². The highest BCUT2D eigenvalue weighted by atomic mass is 32.2. The number of anilines is 1. The zero-order chi connectivity index (χ0) is 21.1. The number of hydrogen-bond donors (Lipinski definition) is 1. The molecule has 3 aromatic rings. The molecular formula is C20H19N3O5S2. The fourth-order valence-electron chi connectivity index (χ4n) is 3.15. The molecule has 1 aliphatic heterocycles. The van der Waals surface area contributed by atoms with Crippen LogP contribution in [0.3, 0.4) is 0 Å². The molecule has 30 heavy (non-hydrogen) atoms. The van der Waals surface area contributed by atoms with Crippen molar-refractivity contribution in [1.29, 1.82) is 0 Å². The molecule has 0 radical (unpaired) electrons. The predicted octanol–water partition coefficient (Wildman–Crippen LogP) is 2.74. The SMILES string of the molecule is O=C(Nc1nc2c(s1)CN(C(=O)CCS(=O)(=O)c1ccccc1)CC2)c1ccco1. The Morgan fingerprint density at radius 1 is 1.17 bits per heavy atom. The van der Waals surface area contributed by atoms with Crippen LogP contribution >= 0.6 is 11.3 Å². The van der Waals surface area contributed by atoms with E-state index in [-0.39, 0.29) is 34.6 Å². The minimum Gasteiger partial charge on any atom is -0.459 e. The van der Waals surface area contributed by atoms with Gasteiger partial charge in [-0.05, 0) is 24.3 Å². The molecule has 156 valence electrons. The maximum Gasteiger partial charge on any atom is 0.293 e. The molecule has 4 rings (SSSR count). The van der Waals surface area contributed by atoms with Crippen molar-refractivity contribution in [3.8, 4) is 0 Å². The monoisotopic (exact) mass is 445 g/mol. The van der Waals surface area contributed by atoms with Crippen LogP contribution in [-0.4, -0.2) is 42.4 Å². The van der Waals surface area contributed by atoms with Gasteiger partial charge in [-0.25, -0.2) is 13.4 Å². The minimum absolute atomic E-state index is 0.0759. The maximum absolute atomic E-state index is 12.6. The summed E-state index contributed by atoms with van der Waals surface area (Å²) in [5.74, 6) is -0.633. The molecule has 10 heteroatoms. The highest BCUT2D eigenvalue weighted by Gasteiger charge is 2.26. The molecule has 0 saturated carbocycles. The minimum atomic E-state index is -3.50. The number of fused-ring (bicyclic) bond motifs is 1. The molecule has 0 fully saturated rings. The first kappa shape index (κ1) is 20.3. The molecule has 0 aliphatic carbocycles. The lowest BCUT2D eigenvalue weighted by molar-refractivity contribution is -0.131. The van der Waals surface area contributed by atoms with Gasteiger partial charge >= 0.3 is 0 Å². The standard InChI is InChI=1S/C20H19N3O5S2/c24-18(9-12-30(26,27)14-5-2-1-3-6-14)23-10-8-15-17(13-23)29-20(21-15)22-19(25)16-7-4-11-28-16/h1-7,11H,8-10,12-13H2,(H,21,22,25). The molecule has 1 N–H and O–H groups in total. The number of thiazole rings is 1. The number of carbonyl (C=O) groups excluding carboxylic acids is 2. The highest BCUT2D eigenvalue weighted by Crippen LogP contribution is 2.29. The van der Waals surface area contributed by atoms with Crippen LogP contribution in [0.5, 0.6) is 0 Å². The summed E-state index contributed by atoms with van der Waals surface area (Å²) in [5.41, 5.74) is 0.843. The molecule has 3 heterocycles. The van der Waals surface area contributed by atoms with Gasteiger partial charge in [0.15, 0.2) is 20.7 Å². The zero-order valence-corrected chi connectivity index (χ0v) is 17.5. The summed E-state index contributed by atoms with van der Waals surface area (Å²) in [6, 6.07) is 11.3. The van der Waals surface area contributed by atoms with Crippen LogP contribution in [-0.2, 0) is 27.6 Å². The second kappa shape index (κ2) is 8.41. The third-order valence-corrected chi connectivity index (χ3v) is 7.47. The fourth-order valence-corrected chi connectivity index (χ4v) is 5.42. The number of furan rings is 1. The number of nitrogens with zero attached hydrogens (tertiary/aromatic N) is 2. The molecule has 0 saturated heterocycles. The number of nitrogens with one attached hydrogen (secondary N) is 1. The van der Waals surface area contributed by atoms with Gasteiger partial charge in [0, 0.05) is 24.3 Å². The second-order valence-corrected chi connectivity index (χ2v) is 9.96. The Kier molecular flexibility index (Phi) is 5.69. The Bertz CT molecular complexity index is 1150. The lowest BCUT2D eigenvalue weighted by Crippen LogP contribution is -2.36. The van der Waals surface area contributed by atoms with E-state index in [1.54, 1.807) is 35.2 Å². The number of benzene rings is 1. The highest BCUT2D eigenvalue weighted by molar-refractivity contribution is 7.91. The summed E-state index contributed by atoms with van der Waals surface area (Å²) < 4.78 is 29.9. The van der Waals surface area contributed by atoms with Crippen molar-refractivity contribution in [2.75, 3.05) is 17.6 Å². The van der Waals surface area contributed by atoms with Gasteiger partial charge in [-0.1, -0.05) is 29.5 Å². The Balaban J connectivity index is 1.36. The number of aromatic nitrogens is 1. The van der Waals surface area contributed by atoms with E-state index in [0.29, 0.717) is 24.6 Å². The van der Waals surface area contributed by atoms with Crippen molar-refractivity contribution in [3.63, 3.8) is 0 Å². The molecule has 8 nitrogen and oxygen atoms in total. The van der Waals surface area contributed by atoms with Crippen molar-refractivity contribution < 1.29 is 22.4 Å². The number of rotatable bonds is 6. The van der Waals surface area contributed by atoms with Crippen LogP contribution < -0.4 is 5.32 Å². The van der Waals surface area contributed by atoms with Crippen LogP contribution in [0.2, 0.25) is 0 Å². The van der Waals surface area contributed by atoms with Crippen molar-refractivity contribution >= 4 is 38.1 Å². The zero-order valence-electron chi connectivity index (χ0n) is 15.9. The Morgan fingerprint density at radius 3 is 2.70 bits per heavy atom. The van der Waals surface area contributed by atoms with Crippen molar-refractivity contribution in [3.05, 3.63) is 65.1 Å². The van der Waals surface area contributed by atoms with Gasteiger partial charge in [-0.2, -0.15) is 0 Å². The first-order chi connectivity index (χ1) is 14.4. The quantitative estimate of drug-likeness (QED) is 0.625. The summed E-state index contributed by atoms with van der Waals surface area (Å²) in [6.45, 7) is 0.820. The molecule has 0 bridgehead atoms. The van der Waals surface area contributed by atoms with Gasteiger partial charge in [0.1, 0.15) is 0 Å². The van der Waals surface area contributed by atoms with E-state index >= 15 is 0 Å². The fraction of sp³-hybridized carbons (Fsp3) is 0.250.